The number of methoxy groups -OCH3 is 1. The summed E-state index contributed by atoms with van der Waals surface area (Å²) < 4.78 is 7.49. The van der Waals surface area contributed by atoms with Crippen LogP contribution in [0.25, 0.3) is 10.9 Å². The molecule has 0 spiro atoms. The molecular weight excluding hydrogens is 374 g/mol. The third-order valence-corrected chi connectivity index (χ3v) is 5.59. The molecule has 2 aromatic carbocycles. The van der Waals surface area contributed by atoms with Gasteiger partial charge in [-0.1, -0.05) is 29.8 Å². The monoisotopic (exact) mass is 397 g/mol. The lowest BCUT2D eigenvalue weighted by atomic mass is 10.1. The number of aryl methyl sites for hydroxylation is 1. The summed E-state index contributed by atoms with van der Waals surface area (Å²) >= 11 is 6.28. The minimum absolute atomic E-state index is 0.125. The number of urea groups is 1. The van der Waals surface area contributed by atoms with Gasteiger partial charge in [-0.25, -0.2) is 4.79 Å². The van der Waals surface area contributed by atoms with Crippen molar-refractivity contribution in [2.75, 3.05) is 25.6 Å². The number of rotatable bonds is 4. The van der Waals surface area contributed by atoms with Gasteiger partial charge in [0.05, 0.1) is 17.3 Å². The zero-order chi connectivity index (χ0) is 19.7. The molecule has 2 amide bonds. The topological polar surface area (TPSA) is 46.5 Å². The van der Waals surface area contributed by atoms with Gasteiger partial charge in [-0.3, -0.25) is 0 Å². The molecule has 2 heterocycles. The van der Waals surface area contributed by atoms with Gasteiger partial charge in [-0.15, -0.1) is 0 Å². The van der Waals surface area contributed by atoms with Crippen molar-refractivity contribution in [3.63, 3.8) is 0 Å². The predicted octanol–water partition coefficient (Wildman–Crippen LogP) is 4.84. The summed E-state index contributed by atoms with van der Waals surface area (Å²) in [5, 5.41) is 4.78. The first kappa shape index (κ1) is 18.8. The summed E-state index contributed by atoms with van der Waals surface area (Å²) in [5.74, 6) is 0. The Morgan fingerprint density at radius 2 is 2.11 bits per heavy atom. The van der Waals surface area contributed by atoms with Crippen molar-refractivity contribution in [3.05, 3.63) is 64.3 Å². The highest BCUT2D eigenvalue weighted by atomic mass is 35.5. The molecule has 0 fully saturated rings. The van der Waals surface area contributed by atoms with E-state index in [0.717, 1.165) is 18.5 Å². The normalized spacial score (nSPS) is 13.6. The molecule has 0 saturated carbocycles. The molecule has 0 unspecified atom stereocenters. The van der Waals surface area contributed by atoms with E-state index in [1.807, 2.05) is 30.0 Å². The van der Waals surface area contributed by atoms with E-state index in [2.05, 4.69) is 34.3 Å². The van der Waals surface area contributed by atoms with Gasteiger partial charge in [-0.2, -0.15) is 0 Å². The molecule has 0 bridgehead atoms. The smallest absolute Gasteiger partial charge is 0.322 e. The number of amides is 2. The van der Waals surface area contributed by atoms with Gasteiger partial charge < -0.3 is 19.5 Å². The third kappa shape index (κ3) is 3.60. The maximum absolute atomic E-state index is 12.9. The number of nitrogens with one attached hydrogen (secondary N) is 1. The van der Waals surface area contributed by atoms with Crippen LogP contribution >= 0.6 is 11.6 Å². The van der Waals surface area contributed by atoms with Crippen LogP contribution in [0.3, 0.4) is 0 Å². The Morgan fingerprint density at radius 1 is 1.25 bits per heavy atom. The number of nitrogens with zero attached hydrogens (tertiary/aromatic N) is 2. The SMILES string of the molecule is COCCn1cc2c3c(cccc31)CN(C(=O)Nc1ccc(C)cc1Cl)CC2. The highest BCUT2D eigenvalue weighted by Crippen LogP contribution is 2.30. The summed E-state index contributed by atoms with van der Waals surface area (Å²) in [4.78, 5) is 14.7. The predicted molar refractivity (Wildman–Crippen MR) is 113 cm³/mol. The fourth-order valence-electron chi connectivity index (χ4n) is 3.84. The molecule has 1 aliphatic heterocycles. The summed E-state index contributed by atoms with van der Waals surface area (Å²) in [6.07, 6.45) is 3.02. The number of hydrogen-bond donors (Lipinski definition) is 1. The number of benzene rings is 2. The van der Waals surface area contributed by atoms with Crippen LogP contribution in [0.2, 0.25) is 5.02 Å². The molecule has 1 aliphatic rings. The van der Waals surface area contributed by atoms with Crippen LogP contribution in [0.4, 0.5) is 10.5 Å². The molecule has 0 saturated heterocycles. The van der Waals surface area contributed by atoms with Crippen LogP contribution in [0, 0.1) is 6.92 Å². The molecule has 28 heavy (non-hydrogen) atoms. The van der Waals surface area contributed by atoms with Gasteiger partial charge in [0, 0.05) is 43.8 Å². The van der Waals surface area contributed by atoms with Crippen molar-refractivity contribution in [2.24, 2.45) is 0 Å². The van der Waals surface area contributed by atoms with Gasteiger partial charge >= 0.3 is 6.03 Å². The van der Waals surface area contributed by atoms with Crippen molar-refractivity contribution in [1.82, 2.24) is 9.47 Å². The molecule has 1 N–H and O–H groups in total. The molecule has 0 radical (unpaired) electrons. The van der Waals surface area contributed by atoms with Gasteiger partial charge in [0.25, 0.3) is 0 Å². The fourth-order valence-corrected chi connectivity index (χ4v) is 4.13. The number of anilines is 1. The molecule has 4 rings (SSSR count). The molecular formula is C22H24ClN3O2. The number of aromatic nitrogens is 1. The van der Waals surface area contributed by atoms with Gasteiger partial charge in [0.2, 0.25) is 0 Å². The Balaban J connectivity index is 1.58. The Bertz CT molecular complexity index is 1030. The maximum atomic E-state index is 12.9. The van der Waals surface area contributed by atoms with Crippen molar-refractivity contribution in [1.29, 1.82) is 0 Å². The van der Waals surface area contributed by atoms with Crippen LogP contribution in [-0.4, -0.2) is 35.8 Å². The second kappa shape index (κ2) is 7.86. The van der Waals surface area contributed by atoms with E-state index in [-0.39, 0.29) is 6.03 Å². The van der Waals surface area contributed by atoms with Crippen LogP contribution < -0.4 is 5.32 Å². The van der Waals surface area contributed by atoms with E-state index in [9.17, 15) is 4.79 Å². The molecule has 6 heteroatoms. The van der Waals surface area contributed by atoms with Gasteiger partial charge in [0.1, 0.15) is 0 Å². The Kier molecular flexibility index (Phi) is 5.29. The van der Waals surface area contributed by atoms with Crippen LogP contribution in [0.15, 0.2) is 42.6 Å². The molecule has 146 valence electrons. The highest BCUT2D eigenvalue weighted by Gasteiger charge is 2.22. The van der Waals surface area contributed by atoms with Crippen LogP contribution in [0.1, 0.15) is 16.7 Å². The zero-order valence-corrected chi connectivity index (χ0v) is 16.9. The largest absolute Gasteiger partial charge is 0.383 e. The van der Waals surface area contributed by atoms with E-state index in [0.29, 0.717) is 30.4 Å². The quantitative estimate of drug-likeness (QED) is 0.684. The molecule has 5 nitrogen and oxygen atoms in total. The van der Waals surface area contributed by atoms with E-state index in [1.54, 1.807) is 7.11 Å². The highest BCUT2D eigenvalue weighted by molar-refractivity contribution is 6.33. The van der Waals surface area contributed by atoms with E-state index >= 15 is 0 Å². The first-order valence-electron chi connectivity index (χ1n) is 9.47. The Labute approximate surface area is 169 Å². The second-order valence-corrected chi connectivity index (χ2v) is 7.64. The fraction of sp³-hybridized carbons (Fsp3) is 0.318. The summed E-state index contributed by atoms with van der Waals surface area (Å²) in [6, 6.07) is 11.8. The van der Waals surface area contributed by atoms with E-state index < -0.39 is 0 Å². The number of hydrogen-bond acceptors (Lipinski definition) is 2. The Morgan fingerprint density at radius 3 is 2.89 bits per heavy atom. The maximum Gasteiger partial charge on any atom is 0.322 e. The van der Waals surface area contributed by atoms with Crippen molar-refractivity contribution in [2.45, 2.75) is 26.4 Å². The van der Waals surface area contributed by atoms with E-state index in [1.165, 1.54) is 22.0 Å². The van der Waals surface area contributed by atoms with Crippen molar-refractivity contribution < 1.29 is 9.53 Å². The number of ether oxygens (including phenoxy) is 1. The number of carbonyl (C=O) groups excluding carboxylic acids is 1. The molecule has 0 aliphatic carbocycles. The average Bonchev–Trinajstić information content (AvgIpc) is 2.92. The summed E-state index contributed by atoms with van der Waals surface area (Å²) in [5.41, 5.74) is 5.36. The zero-order valence-electron chi connectivity index (χ0n) is 16.2. The lowest BCUT2D eigenvalue weighted by Crippen LogP contribution is -2.35. The standard InChI is InChI=1S/C22H24ClN3O2/c1-15-6-7-19(18(23)12-15)24-22(27)26-9-8-17-13-25(10-11-28-2)20-5-3-4-16(14-26)21(17)20/h3-7,12-13H,8-11,14H2,1-2H3,(H,24,27). The van der Waals surface area contributed by atoms with Gasteiger partial charge in [0.15, 0.2) is 0 Å². The van der Waals surface area contributed by atoms with Crippen molar-refractivity contribution >= 4 is 34.2 Å². The third-order valence-electron chi connectivity index (χ3n) is 5.27. The first-order valence-corrected chi connectivity index (χ1v) is 9.85. The van der Waals surface area contributed by atoms with E-state index in [4.69, 9.17) is 16.3 Å². The minimum atomic E-state index is -0.125. The lowest BCUT2D eigenvalue weighted by Gasteiger charge is -2.22. The van der Waals surface area contributed by atoms with Crippen molar-refractivity contribution in [3.8, 4) is 0 Å². The molecule has 3 aromatic rings. The molecule has 0 atom stereocenters. The lowest BCUT2D eigenvalue weighted by molar-refractivity contribution is 0.188. The van der Waals surface area contributed by atoms with Crippen LogP contribution in [-0.2, 0) is 24.2 Å². The minimum Gasteiger partial charge on any atom is -0.383 e. The number of halogens is 1. The van der Waals surface area contributed by atoms with Gasteiger partial charge in [-0.05, 0) is 48.2 Å². The van der Waals surface area contributed by atoms with Crippen LogP contribution in [0.5, 0.6) is 0 Å². The Hall–Kier alpha value is -2.50. The second-order valence-electron chi connectivity index (χ2n) is 7.24. The summed E-state index contributed by atoms with van der Waals surface area (Å²) in [7, 11) is 1.72. The average molecular weight is 398 g/mol. The first-order chi connectivity index (χ1) is 13.6. The molecule has 1 aromatic heterocycles. The summed E-state index contributed by atoms with van der Waals surface area (Å²) in [6.45, 7) is 4.72. The number of carbonyl (C=O) groups is 1.